The van der Waals surface area contributed by atoms with Crippen LogP contribution in [0.3, 0.4) is 0 Å². The van der Waals surface area contributed by atoms with E-state index in [1.54, 1.807) is 13.3 Å². The van der Waals surface area contributed by atoms with Crippen LogP contribution in [0, 0.1) is 12.8 Å². The Morgan fingerprint density at radius 3 is 2.67 bits per heavy atom. The number of rotatable bonds is 5. The zero-order chi connectivity index (χ0) is 22.9. The summed E-state index contributed by atoms with van der Waals surface area (Å²) < 4.78 is 1.85. The molecule has 2 amide bonds. The third-order valence-electron chi connectivity index (χ3n) is 6.55. The van der Waals surface area contributed by atoms with Crippen molar-refractivity contribution in [3.05, 3.63) is 65.6 Å². The molecule has 2 aliphatic heterocycles. The maximum atomic E-state index is 12.6. The van der Waals surface area contributed by atoms with Gasteiger partial charge in [0.25, 0.3) is 0 Å². The van der Waals surface area contributed by atoms with E-state index in [0.29, 0.717) is 26.2 Å². The summed E-state index contributed by atoms with van der Waals surface area (Å²) in [7, 11) is 0. The van der Waals surface area contributed by atoms with Crippen LogP contribution in [0.2, 0.25) is 0 Å². The first kappa shape index (κ1) is 21.2. The van der Waals surface area contributed by atoms with E-state index in [0.717, 1.165) is 35.4 Å². The number of hydrogen-bond acceptors (Lipinski definition) is 5. The van der Waals surface area contributed by atoms with E-state index in [2.05, 4.69) is 51.5 Å². The summed E-state index contributed by atoms with van der Waals surface area (Å²) >= 11 is 0. The number of hydrogen-bond donors (Lipinski definition) is 1. The van der Waals surface area contributed by atoms with Crippen LogP contribution in [0.5, 0.6) is 0 Å². The average molecular weight is 445 g/mol. The van der Waals surface area contributed by atoms with E-state index in [4.69, 9.17) is 0 Å². The fourth-order valence-corrected chi connectivity index (χ4v) is 4.41. The lowest BCUT2D eigenvalue weighted by atomic mass is 9.98. The Bertz CT molecular complexity index is 1220. The van der Waals surface area contributed by atoms with Crippen LogP contribution in [-0.2, 0) is 16.1 Å². The number of carbonyl (C=O) groups is 2. The molecule has 8 nitrogen and oxygen atoms in total. The highest BCUT2D eigenvalue weighted by atomic mass is 16.2. The number of anilines is 1. The second kappa shape index (κ2) is 8.69. The minimum atomic E-state index is -0.0430. The van der Waals surface area contributed by atoms with Crippen molar-refractivity contribution >= 4 is 28.7 Å². The second-order valence-electron chi connectivity index (χ2n) is 8.89. The van der Waals surface area contributed by atoms with E-state index in [1.165, 1.54) is 11.1 Å². The highest BCUT2D eigenvalue weighted by Gasteiger charge is 2.34. The summed E-state index contributed by atoms with van der Waals surface area (Å²) in [6.45, 7) is 6.87. The van der Waals surface area contributed by atoms with Crippen molar-refractivity contribution in [1.29, 1.82) is 0 Å². The molecule has 1 fully saturated rings. The smallest absolute Gasteiger partial charge is 0.226 e. The molecule has 0 unspecified atom stereocenters. The number of aryl methyl sites for hydroxylation is 1. The molecule has 0 radical (unpaired) electrons. The molecule has 0 aliphatic carbocycles. The van der Waals surface area contributed by atoms with Crippen molar-refractivity contribution in [3.8, 4) is 0 Å². The van der Waals surface area contributed by atoms with Crippen molar-refractivity contribution < 1.29 is 9.59 Å². The van der Waals surface area contributed by atoms with Gasteiger partial charge in [-0.15, -0.1) is 0 Å². The molecule has 1 aromatic carbocycles. The van der Waals surface area contributed by atoms with Gasteiger partial charge < -0.3 is 15.1 Å². The Balaban J connectivity index is 1.23. The van der Waals surface area contributed by atoms with Gasteiger partial charge in [0.1, 0.15) is 11.8 Å². The van der Waals surface area contributed by atoms with Crippen LogP contribution >= 0.6 is 0 Å². The Morgan fingerprint density at radius 1 is 1.18 bits per heavy atom. The van der Waals surface area contributed by atoms with E-state index in [9.17, 15) is 9.59 Å². The maximum absolute atomic E-state index is 12.6. The summed E-state index contributed by atoms with van der Waals surface area (Å²) in [5, 5.41) is 7.42. The Hall–Kier alpha value is -3.68. The SMILES string of the molecule is CC(=O)N1CC=C(c2cc3c(N4CC(C(=O)NCc5ccc(C)cc5)C4)ncnn3c2)CC1. The second-order valence-corrected chi connectivity index (χ2v) is 8.89. The van der Waals surface area contributed by atoms with Crippen molar-refractivity contribution in [2.45, 2.75) is 26.8 Å². The largest absolute Gasteiger partial charge is 0.353 e. The standard InChI is InChI=1S/C25H28N6O2/c1-17-3-5-19(6-4-17)12-26-25(33)22-13-30(14-22)24-23-11-21(15-31(23)28-16-27-24)20-7-9-29(10-8-20)18(2)32/h3-7,11,15-16,22H,8-10,12-14H2,1-2H3,(H,26,33). The lowest BCUT2D eigenvalue weighted by Gasteiger charge is -2.39. The zero-order valence-corrected chi connectivity index (χ0v) is 19.0. The Morgan fingerprint density at radius 2 is 1.97 bits per heavy atom. The van der Waals surface area contributed by atoms with Crippen LogP contribution < -0.4 is 10.2 Å². The molecule has 4 heterocycles. The van der Waals surface area contributed by atoms with Crippen molar-refractivity contribution in [1.82, 2.24) is 24.8 Å². The minimum absolute atomic E-state index is 0.0430. The third-order valence-corrected chi connectivity index (χ3v) is 6.55. The number of amides is 2. The molecule has 2 aromatic heterocycles. The first-order valence-corrected chi connectivity index (χ1v) is 11.3. The highest BCUT2D eigenvalue weighted by molar-refractivity contribution is 5.84. The molecular weight excluding hydrogens is 416 g/mol. The molecule has 3 aromatic rings. The number of nitrogens with zero attached hydrogens (tertiary/aromatic N) is 5. The number of fused-ring (bicyclic) bond motifs is 1. The molecule has 8 heteroatoms. The molecule has 0 saturated carbocycles. The van der Waals surface area contributed by atoms with Crippen LogP contribution in [0.1, 0.15) is 30.0 Å². The molecule has 1 N–H and O–H groups in total. The molecular formula is C25H28N6O2. The number of carbonyl (C=O) groups excluding carboxylic acids is 2. The quantitative estimate of drug-likeness (QED) is 0.654. The van der Waals surface area contributed by atoms with E-state index in [1.807, 2.05) is 27.7 Å². The van der Waals surface area contributed by atoms with Crippen molar-refractivity contribution in [2.75, 3.05) is 31.1 Å². The maximum Gasteiger partial charge on any atom is 0.226 e. The molecule has 5 rings (SSSR count). The van der Waals surface area contributed by atoms with Crippen molar-refractivity contribution in [2.24, 2.45) is 5.92 Å². The molecule has 33 heavy (non-hydrogen) atoms. The van der Waals surface area contributed by atoms with Gasteiger partial charge in [0.2, 0.25) is 11.8 Å². The third kappa shape index (κ3) is 4.33. The molecule has 170 valence electrons. The lowest BCUT2D eigenvalue weighted by Crippen LogP contribution is -2.54. The molecule has 0 atom stereocenters. The normalized spacial score (nSPS) is 16.5. The average Bonchev–Trinajstić information content (AvgIpc) is 3.23. The molecule has 0 spiro atoms. The lowest BCUT2D eigenvalue weighted by molar-refractivity contribution is -0.128. The summed E-state index contributed by atoms with van der Waals surface area (Å²) in [5.41, 5.74) is 5.57. The number of nitrogens with one attached hydrogen (secondary N) is 1. The summed E-state index contributed by atoms with van der Waals surface area (Å²) in [5.74, 6) is 0.991. The van der Waals surface area contributed by atoms with Crippen LogP contribution in [0.15, 0.2) is 48.9 Å². The fraction of sp³-hybridized carbons (Fsp3) is 0.360. The van der Waals surface area contributed by atoms with Gasteiger partial charge in [-0.3, -0.25) is 9.59 Å². The predicted molar refractivity (Wildman–Crippen MR) is 127 cm³/mol. The van der Waals surface area contributed by atoms with Crippen LogP contribution in [0.25, 0.3) is 11.1 Å². The fourth-order valence-electron chi connectivity index (χ4n) is 4.41. The summed E-state index contributed by atoms with van der Waals surface area (Å²) in [6, 6.07) is 10.3. The monoisotopic (exact) mass is 444 g/mol. The number of aromatic nitrogens is 3. The van der Waals surface area contributed by atoms with Gasteiger partial charge in [0.05, 0.1) is 5.92 Å². The van der Waals surface area contributed by atoms with Gasteiger partial charge in [-0.05, 0) is 36.1 Å². The van der Waals surface area contributed by atoms with Gasteiger partial charge in [-0.25, -0.2) is 9.50 Å². The number of benzene rings is 1. The van der Waals surface area contributed by atoms with Crippen LogP contribution in [-0.4, -0.2) is 57.5 Å². The van der Waals surface area contributed by atoms with Gasteiger partial charge in [0, 0.05) is 45.8 Å². The first-order valence-electron chi connectivity index (χ1n) is 11.3. The molecule has 1 saturated heterocycles. The summed E-state index contributed by atoms with van der Waals surface area (Å²) in [6.07, 6.45) is 6.52. The Labute approximate surface area is 192 Å². The van der Waals surface area contributed by atoms with E-state index < -0.39 is 0 Å². The van der Waals surface area contributed by atoms with Gasteiger partial charge in [-0.2, -0.15) is 5.10 Å². The van der Waals surface area contributed by atoms with E-state index in [-0.39, 0.29) is 17.7 Å². The molecule has 0 bridgehead atoms. The summed E-state index contributed by atoms with van der Waals surface area (Å²) in [4.78, 5) is 32.6. The predicted octanol–water partition coefficient (Wildman–Crippen LogP) is 2.43. The van der Waals surface area contributed by atoms with Gasteiger partial charge in [-0.1, -0.05) is 35.9 Å². The van der Waals surface area contributed by atoms with Gasteiger partial charge in [0.15, 0.2) is 5.82 Å². The minimum Gasteiger partial charge on any atom is -0.353 e. The Kier molecular flexibility index (Phi) is 5.58. The highest BCUT2D eigenvalue weighted by Crippen LogP contribution is 2.30. The van der Waals surface area contributed by atoms with Crippen molar-refractivity contribution in [3.63, 3.8) is 0 Å². The van der Waals surface area contributed by atoms with E-state index >= 15 is 0 Å². The topological polar surface area (TPSA) is 82.8 Å². The van der Waals surface area contributed by atoms with Crippen LogP contribution in [0.4, 0.5) is 5.82 Å². The molecule has 2 aliphatic rings. The van der Waals surface area contributed by atoms with Gasteiger partial charge >= 0.3 is 0 Å². The zero-order valence-electron chi connectivity index (χ0n) is 19.0. The first-order chi connectivity index (χ1) is 16.0.